The van der Waals surface area contributed by atoms with Crippen LogP contribution in [0.5, 0.6) is 0 Å². The van der Waals surface area contributed by atoms with E-state index >= 15 is 0 Å². The monoisotopic (exact) mass is 227 g/mol. The van der Waals surface area contributed by atoms with Gasteiger partial charge in [-0.3, -0.25) is 4.99 Å². The second-order valence-corrected chi connectivity index (χ2v) is 4.52. The van der Waals surface area contributed by atoms with Crippen LogP contribution < -0.4 is 0 Å². The van der Waals surface area contributed by atoms with Crippen molar-refractivity contribution in [1.29, 1.82) is 0 Å². The standard InChI is InChI=1S/C13H25NO2/c1-5-13(15-3,16-4)11(2)14-12-9-7-6-8-10-12/h12H,5-10H2,1-4H3. The molecular weight excluding hydrogens is 202 g/mol. The van der Waals surface area contributed by atoms with Crippen molar-refractivity contribution in [2.75, 3.05) is 14.2 Å². The normalized spacial score (nSPS) is 20.1. The predicted octanol–water partition coefficient (Wildman–Crippen LogP) is 3.18. The van der Waals surface area contributed by atoms with E-state index in [4.69, 9.17) is 14.5 Å². The Balaban J connectivity index is 2.71. The quantitative estimate of drug-likeness (QED) is 0.533. The maximum absolute atomic E-state index is 5.49. The molecule has 16 heavy (non-hydrogen) atoms. The molecule has 0 unspecified atom stereocenters. The molecule has 0 heterocycles. The maximum Gasteiger partial charge on any atom is 0.206 e. The third kappa shape index (κ3) is 3.05. The van der Waals surface area contributed by atoms with Gasteiger partial charge in [-0.05, 0) is 19.8 Å². The summed E-state index contributed by atoms with van der Waals surface area (Å²) in [5.74, 6) is -0.614. The van der Waals surface area contributed by atoms with Crippen LogP contribution in [-0.2, 0) is 9.47 Å². The first-order chi connectivity index (χ1) is 7.68. The van der Waals surface area contributed by atoms with Crippen LogP contribution in [0.25, 0.3) is 0 Å². The molecule has 0 atom stereocenters. The minimum Gasteiger partial charge on any atom is -0.348 e. The van der Waals surface area contributed by atoms with Crippen LogP contribution in [0.4, 0.5) is 0 Å². The van der Waals surface area contributed by atoms with E-state index in [1.165, 1.54) is 32.1 Å². The largest absolute Gasteiger partial charge is 0.348 e. The summed E-state index contributed by atoms with van der Waals surface area (Å²) in [4.78, 5) is 4.79. The summed E-state index contributed by atoms with van der Waals surface area (Å²) in [7, 11) is 3.37. The zero-order chi connectivity index (χ0) is 12.0. The van der Waals surface area contributed by atoms with E-state index in [9.17, 15) is 0 Å². The average Bonchev–Trinajstić information content (AvgIpc) is 2.33. The first kappa shape index (κ1) is 13.7. The van der Waals surface area contributed by atoms with Gasteiger partial charge >= 0.3 is 0 Å². The van der Waals surface area contributed by atoms with Crippen molar-refractivity contribution in [1.82, 2.24) is 0 Å². The Hall–Kier alpha value is -0.410. The second kappa shape index (κ2) is 6.36. The Kier molecular flexibility index (Phi) is 5.42. The van der Waals surface area contributed by atoms with Gasteiger partial charge in [-0.25, -0.2) is 0 Å². The molecular formula is C13H25NO2. The first-order valence-electron chi connectivity index (χ1n) is 6.33. The van der Waals surface area contributed by atoms with Crippen molar-refractivity contribution in [3.63, 3.8) is 0 Å². The Bertz CT molecular complexity index is 220. The van der Waals surface area contributed by atoms with E-state index in [2.05, 4.69) is 6.92 Å². The van der Waals surface area contributed by atoms with Crippen LogP contribution in [-0.4, -0.2) is 31.8 Å². The third-order valence-electron chi connectivity index (χ3n) is 3.63. The summed E-state index contributed by atoms with van der Waals surface area (Å²) in [5.41, 5.74) is 0.979. The minimum absolute atomic E-state index is 0.477. The van der Waals surface area contributed by atoms with Crippen molar-refractivity contribution in [3.05, 3.63) is 0 Å². The Morgan fingerprint density at radius 1 is 1.19 bits per heavy atom. The topological polar surface area (TPSA) is 30.8 Å². The minimum atomic E-state index is -0.614. The molecule has 0 aromatic heterocycles. The summed E-state index contributed by atoms with van der Waals surface area (Å²) in [6.45, 7) is 4.08. The molecule has 0 spiro atoms. The fraction of sp³-hybridized carbons (Fsp3) is 0.923. The molecule has 1 fully saturated rings. The Labute approximate surface area is 99.2 Å². The lowest BCUT2D eigenvalue weighted by molar-refractivity contribution is -0.155. The molecule has 1 rings (SSSR count). The van der Waals surface area contributed by atoms with Gasteiger partial charge in [0.25, 0.3) is 0 Å². The molecule has 0 N–H and O–H groups in total. The van der Waals surface area contributed by atoms with Crippen LogP contribution in [0, 0.1) is 0 Å². The molecule has 3 heteroatoms. The molecule has 0 radical (unpaired) electrons. The number of hydrogen-bond donors (Lipinski definition) is 0. The number of aliphatic imine (C=N–C) groups is 1. The third-order valence-corrected chi connectivity index (χ3v) is 3.63. The molecule has 0 bridgehead atoms. The lowest BCUT2D eigenvalue weighted by Gasteiger charge is -2.31. The van der Waals surface area contributed by atoms with Gasteiger partial charge in [-0.15, -0.1) is 0 Å². The summed E-state index contributed by atoms with van der Waals surface area (Å²) >= 11 is 0. The van der Waals surface area contributed by atoms with E-state index in [0.717, 1.165) is 12.1 Å². The molecule has 1 aliphatic carbocycles. The lowest BCUT2D eigenvalue weighted by Crippen LogP contribution is -2.41. The van der Waals surface area contributed by atoms with E-state index in [1.54, 1.807) is 14.2 Å². The van der Waals surface area contributed by atoms with Gasteiger partial charge in [0.1, 0.15) is 0 Å². The number of methoxy groups -OCH3 is 2. The molecule has 1 saturated carbocycles. The number of hydrogen-bond acceptors (Lipinski definition) is 3. The van der Waals surface area contributed by atoms with Gasteiger partial charge in [0.15, 0.2) is 0 Å². The van der Waals surface area contributed by atoms with E-state index < -0.39 is 5.79 Å². The van der Waals surface area contributed by atoms with Gasteiger partial charge in [0.05, 0.1) is 11.8 Å². The Morgan fingerprint density at radius 2 is 1.75 bits per heavy atom. The zero-order valence-corrected chi connectivity index (χ0v) is 11.1. The molecule has 3 nitrogen and oxygen atoms in total. The summed E-state index contributed by atoms with van der Waals surface area (Å²) in [6, 6.07) is 0.477. The van der Waals surface area contributed by atoms with Crippen LogP contribution in [0.15, 0.2) is 4.99 Å². The van der Waals surface area contributed by atoms with Gasteiger partial charge in [0.2, 0.25) is 5.79 Å². The average molecular weight is 227 g/mol. The molecule has 0 aromatic carbocycles. The lowest BCUT2D eigenvalue weighted by atomic mass is 9.95. The van der Waals surface area contributed by atoms with Gasteiger partial charge in [0, 0.05) is 20.6 Å². The van der Waals surface area contributed by atoms with Gasteiger partial charge < -0.3 is 9.47 Å². The smallest absolute Gasteiger partial charge is 0.206 e. The van der Waals surface area contributed by atoms with E-state index in [-0.39, 0.29) is 0 Å². The van der Waals surface area contributed by atoms with Gasteiger partial charge in [-0.2, -0.15) is 0 Å². The number of nitrogens with zero attached hydrogens (tertiary/aromatic N) is 1. The first-order valence-corrected chi connectivity index (χ1v) is 6.33. The van der Waals surface area contributed by atoms with Crippen LogP contribution >= 0.6 is 0 Å². The second-order valence-electron chi connectivity index (χ2n) is 4.52. The maximum atomic E-state index is 5.49. The highest BCUT2D eigenvalue weighted by molar-refractivity contribution is 5.89. The molecule has 0 aromatic rings. The van der Waals surface area contributed by atoms with Crippen molar-refractivity contribution in [2.45, 2.75) is 64.2 Å². The van der Waals surface area contributed by atoms with E-state index in [1.807, 2.05) is 6.92 Å². The summed E-state index contributed by atoms with van der Waals surface area (Å²) < 4.78 is 11.0. The van der Waals surface area contributed by atoms with Gasteiger partial charge in [-0.1, -0.05) is 26.2 Å². The van der Waals surface area contributed by atoms with Crippen molar-refractivity contribution < 1.29 is 9.47 Å². The molecule has 1 aliphatic rings. The summed E-state index contributed by atoms with van der Waals surface area (Å²) in [6.07, 6.45) is 7.19. The van der Waals surface area contributed by atoms with Crippen molar-refractivity contribution in [2.24, 2.45) is 4.99 Å². The Morgan fingerprint density at radius 3 is 2.19 bits per heavy atom. The highest BCUT2D eigenvalue weighted by Gasteiger charge is 2.31. The fourth-order valence-electron chi connectivity index (χ4n) is 2.51. The SMILES string of the molecule is CCC(OC)(OC)C(C)=NC1CCCCC1. The highest BCUT2D eigenvalue weighted by Crippen LogP contribution is 2.24. The van der Waals surface area contributed by atoms with E-state index in [0.29, 0.717) is 6.04 Å². The molecule has 0 amide bonds. The zero-order valence-electron chi connectivity index (χ0n) is 11.1. The van der Waals surface area contributed by atoms with Crippen LogP contribution in [0.3, 0.4) is 0 Å². The fourth-order valence-corrected chi connectivity index (χ4v) is 2.51. The molecule has 0 saturated heterocycles. The van der Waals surface area contributed by atoms with Crippen LogP contribution in [0.2, 0.25) is 0 Å². The molecule has 94 valence electrons. The number of ether oxygens (including phenoxy) is 2. The predicted molar refractivity (Wildman–Crippen MR) is 67.0 cm³/mol. The van der Waals surface area contributed by atoms with Crippen molar-refractivity contribution in [3.8, 4) is 0 Å². The molecule has 0 aliphatic heterocycles. The van der Waals surface area contributed by atoms with Crippen molar-refractivity contribution >= 4 is 5.71 Å². The number of rotatable bonds is 5. The van der Waals surface area contributed by atoms with Crippen LogP contribution in [0.1, 0.15) is 52.4 Å². The summed E-state index contributed by atoms with van der Waals surface area (Å²) in [5, 5.41) is 0. The highest BCUT2D eigenvalue weighted by atomic mass is 16.7.